The van der Waals surface area contributed by atoms with Crippen molar-refractivity contribution in [1.82, 2.24) is 5.32 Å². The molecule has 1 rings (SSSR count). The van der Waals surface area contributed by atoms with E-state index in [1.165, 1.54) is 51.4 Å². The molecule has 0 spiro atoms. The summed E-state index contributed by atoms with van der Waals surface area (Å²) in [5.74, 6) is 1.63. The Bertz CT molecular complexity index is 254. The van der Waals surface area contributed by atoms with Crippen LogP contribution in [-0.4, -0.2) is 24.8 Å². The highest BCUT2D eigenvalue weighted by atomic mass is 16.5. The summed E-state index contributed by atoms with van der Waals surface area (Å²) < 4.78 is 6.45. The molecule has 0 aromatic carbocycles. The van der Waals surface area contributed by atoms with Gasteiger partial charge in [0, 0.05) is 6.04 Å². The third-order valence-corrected chi connectivity index (χ3v) is 5.11. The minimum absolute atomic E-state index is 0.416. The lowest BCUT2D eigenvalue weighted by Crippen LogP contribution is -2.47. The zero-order valence-corrected chi connectivity index (χ0v) is 15.2. The third-order valence-electron chi connectivity index (χ3n) is 5.11. The summed E-state index contributed by atoms with van der Waals surface area (Å²) in [7, 11) is 0. The smallest absolute Gasteiger partial charge is 0.0734 e. The highest BCUT2D eigenvalue weighted by Gasteiger charge is 2.32. The van der Waals surface area contributed by atoms with Crippen LogP contribution >= 0.6 is 0 Å². The van der Waals surface area contributed by atoms with Gasteiger partial charge >= 0.3 is 0 Å². The fourth-order valence-corrected chi connectivity index (χ4v) is 3.64. The lowest BCUT2D eigenvalue weighted by molar-refractivity contribution is -0.0578. The molecule has 1 fully saturated rings. The zero-order valence-electron chi connectivity index (χ0n) is 15.2. The fourth-order valence-electron chi connectivity index (χ4n) is 3.64. The highest BCUT2D eigenvalue weighted by molar-refractivity contribution is 4.87. The van der Waals surface area contributed by atoms with E-state index in [1.54, 1.807) is 0 Å². The second kappa shape index (κ2) is 10.6. The minimum Gasteiger partial charge on any atom is -0.374 e. The van der Waals surface area contributed by atoms with Gasteiger partial charge in [0.05, 0.1) is 12.2 Å². The summed E-state index contributed by atoms with van der Waals surface area (Å²) in [6, 6.07) is 0.572. The molecule has 4 unspecified atom stereocenters. The van der Waals surface area contributed by atoms with Crippen LogP contribution < -0.4 is 5.32 Å². The molecule has 0 aliphatic heterocycles. The molecule has 0 amide bonds. The highest BCUT2D eigenvalue weighted by Crippen LogP contribution is 2.32. The summed E-state index contributed by atoms with van der Waals surface area (Å²) in [6.45, 7) is 12.5. The number of likely N-dealkylation sites (N-methyl/N-ethyl adjacent to an activating group) is 1. The zero-order chi connectivity index (χ0) is 15.7. The standard InChI is InChI=1S/C19H39NO/c1-6-8-9-10-11-16(5)21-19-14-17(15(3)4)12-13-18(19)20-7-2/h15-20H,6-14H2,1-5H3. The molecule has 126 valence electrons. The van der Waals surface area contributed by atoms with E-state index in [-0.39, 0.29) is 0 Å². The van der Waals surface area contributed by atoms with Crippen LogP contribution in [0.5, 0.6) is 0 Å². The van der Waals surface area contributed by atoms with Crippen molar-refractivity contribution in [1.29, 1.82) is 0 Å². The largest absolute Gasteiger partial charge is 0.374 e. The Kier molecular flexibility index (Phi) is 9.59. The van der Waals surface area contributed by atoms with Gasteiger partial charge in [0.1, 0.15) is 0 Å². The normalized spacial score (nSPS) is 28.0. The molecule has 21 heavy (non-hydrogen) atoms. The summed E-state index contributed by atoms with van der Waals surface area (Å²) in [6.07, 6.45) is 11.3. The first-order valence-corrected chi connectivity index (χ1v) is 9.47. The first kappa shape index (κ1) is 19.0. The molecular formula is C19H39NO. The molecular weight excluding hydrogens is 258 g/mol. The van der Waals surface area contributed by atoms with Gasteiger partial charge in [-0.2, -0.15) is 0 Å². The van der Waals surface area contributed by atoms with Crippen molar-refractivity contribution in [2.75, 3.05) is 6.54 Å². The van der Waals surface area contributed by atoms with Crippen molar-refractivity contribution in [2.45, 2.75) is 104 Å². The third kappa shape index (κ3) is 7.15. The van der Waals surface area contributed by atoms with Gasteiger partial charge in [-0.3, -0.25) is 0 Å². The summed E-state index contributed by atoms with van der Waals surface area (Å²) in [5, 5.41) is 3.65. The maximum Gasteiger partial charge on any atom is 0.0734 e. The number of nitrogens with one attached hydrogen (secondary N) is 1. The SMILES string of the molecule is CCCCCCC(C)OC1CC(C(C)C)CCC1NCC. The predicted molar refractivity (Wildman–Crippen MR) is 92.7 cm³/mol. The second-order valence-corrected chi connectivity index (χ2v) is 7.32. The van der Waals surface area contributed by atoms with Crippen LogP contribution in [0, 0.1) is 11.8 Å². The Labute approximate surface area is 133 Å². The van der Waals surface area contributed by atoms with Crippen LogP contribution in [0.1, 0.15) is 86.0 Å². The lowest BCUT2D eigenvalue weighted by Gasteiger charge is -2.39. The number of ether oxygens (including phenoxy) is 1. The quantitative estimate of drug-likeness (QED) is 0.562. The molecule has 0 bridgehead atoms. The van der Waals surface area contributed by atoms with Crippen molar-refractivity contribution in [3.05, 3.63) is 0 Å². The molecule has 0 aromatic heterocycles. The average molecular weight is 298 g/mol. The van der Waals surface area contributed by atoms with E-state index in [0.717, 1.165) is 18.4 Å². The first-order chi connectivity index (χ1) is 10.1. The first-order valence-electron chi connectivity index (χ1n) is 9.47. The van der Waals surface area contributed by atoms with Crippen LogP contribution in [0.4, 0.5) is 0 Å². The molecule has 4 atom stereocenters. The summed E-state index contributed by atoms with van der Waals surface area (Å²) in [5.41, 5.74) is 0. The van der Waals surface area contributed by atoms with Crippen molar-refractivity contribution in [3.8, 4) is 0 Å². The molecule has 1 aliphatic rings. The fraction of sp³-hybridized carbons (Fsp3) is 1.00. The van der Waals surface area contributed by atoms with Crippen molar-refractivity contribution in [2.24, 2.45) is 11.8 Å². The van der Waals surface area contributed by atoms with Crippen molar-refractivity contribution in [3.63, 3.8) is 0 Å². The van der Waals surface area contributed by atoms with Crippen LogP contribution in [0.2, 0.25) is 0 Å². The van der Waals surface area contributed by atoms with Crippen LogP contribution in [0.15, 0.2) is 0 Å². The Hall–Kier alpha value is -0.0800. The number of hydrogen-bond acceptors (Lipinski definition) is 2. The van der Waals surface area contributed by atoms with E-state index < -0.39 is 0 Å². The Morgan fingerprint density at radius 1 is 1.05 bits per heavy atom. The second-order valence-electron chi connectivity index (χ2n) is 7.32. The lowest BCUT2D eigenvalue weighted by atomic mass is 9.78. The van der Waals surface area contributed by atoms with Crippen molar-refractivity contribution >= 4 is 0 Å². The Morgan fingerprint density at radius 3 is 2.43 bits per heavy atom. The average Bonchev–Trinajstić information content (AvgIpc) is 2.45. The molecule has 1 aliphatic carbocycles. The molecule has 1 N–H and O–H groups in total. The maximum atomic E-state index is 6.45. The van der Waals surface area contributed by atoms with Gasteiger partial charge in [0.2, 0.25) is 0 Å². The maximum absolute atomic E-state index is 6.45. The van der Waals surface area contributed by atoms with Crippen LogP contribution in [-0.2, 0) is 4.74 Å². The molecule has 0 saturated heterocycles. The molecule has 2 heteroatoms. The molecule has 2 nitrogen and oxygen atoms in total. The number of hydrogen-bond donors (Lipinski definition) is 1. The van der Waals surface area contributed by atoms with E-state index >= 15 is 0 Å². The summed E-state index contributed by atoms with van der Waals surface area (Å²) in [4.78, 5) is 0. The van der Waals surface area contributed by atoms with Crippen LogP contribution in [0.25, 0.3) is 0 Å². The number of rotatable bonds is 10. The molecule has 0 radical (unpaired) electrons. The minimum atomic E-state index is 0.416. The van der Waals surface area contributed by atoms with Gasteiger partial charge in [-0.25, -0.2) is 0 Å². The topological polar surface area (TPSA) is 21.3 Å². The van der Waals surface area contributed by atoms with E-state index in [2.05, 4.69) is 39.9 Å². The summed E-state index contributed by atoms with van der Waals surface area (Å²) >= 11 is 0. The predicted octanol–water partition coefficient (Wildman–Crippen LogP) is 5.16. The molecule has 1 saturated carbocycles. The molecule has 0 heterocycles. The van der Waals surface area contributed by atoms with E-state index in [0.29, 0.717) is 18.2 Å². The van der Waals surface area contributed by atoms with Gasteiger partial charge in [-0.1, -0.05) is 53.4 Å². The van der Waals surface area contributed by atoms with Gasteiger partial charge in [-0.05, 0) is 51.0 Å². The number of unbranched alkanes of at least 4 members (excludes halogenated alkanes) is 3. The Balaban J connectivity index is 2.41. The van der Waals surface area contributed by atoms with E-state index in [1.807, 2.05) is 0 Å². The monoisotopic (exact) mass is 297 g/mol. The van der Waals surface area contributed by atoms with E-state index in [4.69, 9.17) is 4.74 Å². The van der Waals surface area contributed by atoms with Gasteiger partial charge in [-0.15, -0.1) is 0 Å². The van der Waals surface area contributed by atoms with Crippen LogP contribution in [0.3, 0.4) is 0 Å². The van der Waals surface area contributed by atoms with Crippen molar-refractivity contribution < 1.29 is 4.74 Å². The van der Waals surface area contributed by atoms with E-state index in [9.17, 15) is 0 Å². The Morgan fingerprint density at radius 2 is 1.81 bits per heavy atom. The molecule has 0 aromatic rings. The van der Waals surface area contributed by atoms with Gasteiger partial charge in [0.25, 0.3) is 0 Å². The van der Waals surface area contributed by atoms with Gasteiger partial charge < -0.3 is 10.1 Å². The van der Waals surface area contributed by atoms with Gasteiger partial charge in [0.15, 0.2) is 0 Å².